The standard InChI is InChI=1S/C14H30O2Si/c1-9-10-12-14(6,15-12)11(2)16-17(7,8)13(3,4)5/h11-12H,9-10H2,1-8H3/t11-,12+,14+/m1/s1. The van der Waals surface area contributed by atoms with Crippen molar-refractivity contribution in [3.8, 4) is 0 Å². The van der Waals surface area contributed by atoms with Gasteiger partial charge in [0.25, 0.3) is 0 Å². The van der Waals surface area contributed by atoms with Crippen LogP contribution in [0.1, 0.15) is 54.4 Å². The fourth-order valence-electron chi connectivity index (χ4n) is 1.97. The Morgan fingerprint density at radius 3 is 2.29 bits per heavy atom. The summed E-state index contributed by atoms with van der Waals surface area (Å²) in [6.07, 6.45) is 2.96. The van der Waals surface area contributed by atoms with Crippen LogP contribution in [0.15, 0.2) is 0 Å². The van der Waals surface area contributed by atoms with Gasteiger partial charge in [0, 0.05) is 0 Å². The molecule has 1 rings (SSSR count). The van der Waals surface area contributed by atoms with Crippen LogP contribution in [0.3, 0.4) is 0 Å². The van der Waals surface area contributed by atoms with Crippen molar-refractivity contribution in [2.45, 2.75) is 90.3 Å². The van der Waals surface area contributed by atoms with Gasteiger partial charge in [-0.1, -0.05) is 34.1 Å². The molecule has 1 aliphatic heterocycles. The quantitative estimate of drug-likeness (QED) is 0.540. The molecule has 1 fully saturated rings. The molecule has 0 spiro atoms. The van der Waals surface area contributed by atoms with Crippen molar-refractivity contribution < 1.29 is 9.16 Å². The van der Waals surface area contributed by atoms with Crippen LogP contribution in [0.2, 0.25) is 18.1 Å². The average molecular weight is 258 g/mol. The Bertz CT molecular complexity index is 270. The minimum atomic E-state index is -1.67. The summed E-state index contributed by atoms with van der Waals surface area (Å²) in [5, 5.41) is 0.271. The predicted molar refractivity (Wildman–Crippen MR) is 75.9 cm³/mol. The summed E-state index contributed by atoms with van der Waals surface area (Å²) in [6.45, 7) is 18.1. The van der Waals surface area contributed by atoms with E-state index in [0.29, 0.717) is 6.10 Å². The third-order valence-electron chi connectivity index (χ3n) is 4.61. The maximum atomic E-state index is 6.42. The highest BCUT2D eigenvalue weighted by Gasteiger charge is 2.57. The highest BCUT2D eigenvalue weighted by molar-refractivity contribution is 6.74. The van der Waals surface area contributed by atoms with Crippen LogP contribution < -0.4 is 0 Å². The molecule has 3 atom stereocenters. The average Bonchev–Trinajstić information content (AvgIpc) is 2.76. The van der Waals surface area contributed by atoms with Crippen LogP contribution in [-0.4, -0.2) is 26.1 Å². The van der Waals surface area contributed by atoms with Crippen molar-refractivity contribution in [2.75, 3.05) is 0 Å². The van der Waals surface area contributed by atoms with Gasteiger partial charge >= 0.3 is 0 Å². The van der Waals surface area contributed by atoms with E-state index in [0.717, 1.165) is 6.42 Å². The highest BCUT2D eigenvalue weighted by atomic mass is 28.4. The van der Waals surface area contributed by atoms with Crippen LogP contribution in [0.5, 0.6) is 0 Å². The number of epoxide rings is 1. The second kappa shape index (κ2) is 4.67. The normalized spacial score (nSPS) is 31.4. The maximum absolute atomic E-state index is 6.42. The van der Waals surface area contributed by atoms with Crippen molar-refractivity contribution in [3.63, 3.8) is 0 Å². The van der Waals surface area contributed by atoms with E-state index in [2.05, 4.69) is 54.6 Å². The Balaban J connectivity index is 2.59. The molecule has 0 saturated carbocycles. The fraction of sp³-hybridized carbons (Fsp3) is 1.00. The lowest BCUT2D eigenvalue weighted by molar-refractivity contribution is 0.108. The van der Waals surface area contributed by atoms with Gasteiger partial charge in [0.15, 0.2) is 8.32 Å². The summed E-state index contributed by atoms with van der Waals surface area (Å²) in [5.41, 5.74) is -0.0362. The van der Waals surface area contributed by atoms with Gasteiger partial charge < -0.3 is 9.16 Å². The molecule has 102 valence electrons. The Labute approximate surface area is 108 Å². The van der Waals surface area contributed by atoms with E-state index in [4.69, 9.17) is 9.16 Å². The van der Waals surface area contributed by atoms with Gasteiger partial charge in [0.2, 0.25) is 0 Å². The van der Waals surface area contributed by atoms with Gasteiger partial charge in [-0.2, -0.15) is 0 Å². The monoisotopic (exact) mass is 258 g/mol. The molecule has 0 amide bonds. The molecule has 17 heavy (non-hydrogen) atoms. The van der Waals surface area contributed by atoms with Gasteiger partial charge in [-0.15, -0.1) is 0 Å². The van der Waals surface area contributed by atoms with E-state index in [-0.39, 0.29) is 16.7 Å². The molecule has 1 saturated heterocycles. The molecule has 0 aromatic rings. The van der Waals surface area contributed by atoms with Gasteiger partial charge in [-0.3, -0.25) is 0 Å². The van der Waals surface area contributed by atoms with Gasteiger partial charge in [0.1, 0.15) is 5.60 Å². The SMILES string of the molecule is CCC[C@@H]1O[C@@]1(C)[C@@H](C)O[Si](C)(C)C(C)(C)C. The minimum Gasteiger partial charge on any atom is -0.411 e. The summed E-state index contributed by atoms with van der Waals surface area (Å²) in [6, 6.07) is 0. The Kier molecular flexibility index (Phi) is 4.17. The molecular formula is C14H30O2Si. The smallest absolute Gasteiger partial charge is 0.192 e. The van der Waals surface area contributed by atoms with E-state index in [1.807, 2.05) is 0 Å². The molecule has 0 unspecified atom stereocenters. The fourth-order valence-corrected chi connectivity index (χ4v) is 3.44. The predicted octanol–water partition coefficient (Wildman–Crippen LogP) is 4.35. The Morgan fingerprint density at radius 2 is 1.88 bits per heavy atom. The van der Waals surface area contributed by atoms with E-state index in [1.54, 1.807) is 0 Å². The zero-order valence-electron chi connectivity index (χ0n) is 12.9. The molecule has 0 N–H and O–H groups in total. The molecule has 2 nitrogen and oxygen atoms in total. The molecular weight excluding hydrogens is 228 g/mol. The zero-order chi connectivity index (χ0) is 13.5. The largest absolute Gasteiger partial charge is 0.411 e. The Morgan fingerprint density at radius 1 is 1.35 bits per heavy atom. The molecule has 0 aromatic heterocycles. The van der Waals surface area contributed by atoms with Crippen LogP contribution >= 0.6 is 0 Å². The van der Waals surface area contributed by atoms with E-state index in [1.165, 1.54) is 6.42 Å². The summed E-state index contributed by atoms with van der Waals surface area (Å²) < 4.78 is 12.3. The maximum Gasteiger partial charge on any atom is 0.192 e. The third kappa shape index (κ3) is 3.12. The Hall–Kier alpha value is 0.137. The van der Waals surface area contributed by atoms with Crippen LogP contribution in [-0.2, 0) is 9.16 Å². The summed E-state index contributed by atoms with van der Waals surface area (Å²) >= 11 is 0. The van der Waals surface area contributed by atoms with Crippen LogP contribution in [0.4, 0.5) is 0 Å². The first kappa shape index (κ1) is 15.2. The highest BCUT2D eigenvalue weighted by Crippen LogP contribution is 2.46. The molecule has 0 radical (unpaired) electrons. The van der Waals surface area contributed by atoms with Crippen molar-refractivity contribution in [3.05, 3.63) is 0 Å². The van der Waals surface area contributed by atoms with E-state index < -0.39 is 8.32 Å². The van der Waals surface area contributed by atoms with Crippen molar-refractivity contribution in [2.24, 2.45) is 0 Å². The summed E-state index contributed by atoms with van der Waals surface area (Å²) in [5.74, 6) is 0. The van der Waals surface area contributed by atoms with Crippen LogP contribution in [0.25, 0.3) is 0 Å². The van der Waals surface area contributed by atoms with E-state index in [9.17, 15) is 0 Å². The lowest BCUT2D eigenvalue weighted by atomic mass is 9.99. The lowest BCUT2D eigenvalue weighted by Crippen LogP contribution is -2.47. The molecule has 3 heteroatoms. The summed E-state index contributed by atoms with van der Waals surface area (Å²) in [4.78, 5) is 0. The van der Waals surface area contributed by atoms with Gasteiger partial charge in [-0.05, 0) is 38.4 Å². The lowest BCUT2D eigenvalue weighted by Gasteiger charge is -2.39. The van der Waals surface area contributed by atoms with Crippen molar-refractivity contribution >= 4 is 8.32 Å². The molecule has 0 aromatic carbocycles. The zero-order valence-corrected chi connectivity index (χ0v) is 13.9. The van der Waals surface area contributed by atoms with E-state index >= 15 is 0 Å². The first-order valence-corrected chi connectivity index (χ1v) is 9.81. The number of hydrogen-bond donors (Lipinski definition) is 0. The molecule has 0 aliphatic carbocycles. The number of ether oxygens (including phenoxy) is 1. The first-order chi connectivity index (χ1) is 7.54. The van der Waals surface area contributed by atoms with Gasteiger partial charge in [0.05, 0.1) is 12.2 Å². The molecule has 0 bridgehead atoms. The van der Waals surface area contributed by atoms with Crippen molar-refractivity contribution in [1.82, 2.24) is 0 Å². The van der Waals surface area contributed by atoms with Crippen LogP contribution in [0, 0.1) is 0 Å². The molecule has 1 aliphatic rings. The summed E-state index contributed by atoms with van der Waals surface area (Å²) in [7, 11) is -1.67. The third-order valence-corrected chi connectivity index (χ3v) is 9.17. The number of hydrogen-bond acceptors (Lipinski definition) is 2. The first-order valence-electron chi connectivity index (χ1n) is 6.90. The second-order valence-corrected chi connectivity index (χ2v) is 11.9. The van der Waals surface area contributed by atoms with Crippen molar-refractivity contribution in [1.29, 1.82) is 0 Å². The molecule has 1 heterocycles. The second-order valence-electron chi connectivity index (χ2n) is 7.10. The van der Waals surface area contributed by atoms with Gasteiger partial charge in [-0.25, -0.2) is 0 Å². The number of rotatable bonds is 5. The minimum absolute atomic E-state index is 0.0362. The topological polar surface area (TPSA) is 21.8 Å².